The lowest BCUT2D eigenvalue weighted by molar-refractivity contribution is -0.132. The zero-order chi connectivity index (χ0) is 16.0. The van der Waals surface area contributed by atoms with Gasteiger partial charge in [0, 0.05) is 4.47 Å². The van der Waals surface area contributed by atoms with Gasteiger partial charge in [0.25, 0.3) is 0 Å². The van der Waals surface area contributed by atoms with Gasteiger partial charge in [-0.3, -0.25) is 9.59 Å². The van der Waals surface area contributed by atoms with Crippen LogP contribution in [0.2, 0.25) is 0 Å². The first-order chi connectivity index (χ1) is 9.60. The minimum Gasteiger partial charge on any atom is -0.297 e. The number of rotatable bonds is 2. The molecule has 0 radical (unpaired) electrons. The molecule has 1 saturated heterocycles. The van der Waals surface area contributed by atoms with Crippen molar-refractivity contribution in [2.45, 2.75) is 56.5 Å². The molecular formula is C17H21BrO2S. The lowest BCUT2D eigenvalue weighted by Crippen LogP contribution is -2.51. The van der Waals surface area contributed by atoms with E-state index in [1.54, 1.807) is 0 Å². The monoisotopic (exact) mass is 368 g/mol. The van der Waals surface area contributed by atoms with Gasteiger partial charge in [0.15, 0.2) is 11.6 Å². The summed E-state index contributed by atoms with van der Waals surface area (Å²) < 4.78 is -0.186. The SMILES string of the molecule is CCc1ccc(Br)cc1C1C(=O)C(C)(C)SC(C)(C)C1=O. The van der Waals surface area contributed by atoms with Crippen LogP contribution in [0, 0.1) is 0 Å². The molecular weight excluding hydrogens is 348 g/mol. The van der Waals surface area contributed by atoms with Crippen molar-refractivity contribution in [1.82, 2.24) is 0 Å². The Balaban J connectivity index is 2.62. The number of hydrogen-bond donors (Lipinski definition) is 0. The minimum absolute atomic E-state index is 0.0182. The molecule has 0 saturated carbocycles. The summed E-state index contributed by atoms with van der Waals surface area (Å²) in [5.41, 5.74) is 1.94. The van der Waals surface area contributed by atoms with Crippen LogP contribution < -0.4 is 0 Å². The van der Waals surface area contributed by atoms with Gasteiger partial charge in [-0.05, 0) is 57.4 Å². The van der Waals surface area contributed by atoms with Crippen molar-refractivity contribution in [2.24, 2.45) is 0 Å². The molecule has 1 aliphatic heterocycles. The van der Waals surface area contributed by atoms with Crippen LogP contribution in [-0.4, -0.2) is 21.1 Å². The van der Waals surface area contributed by atoms with Crippen molar-refractivity contribution in [3.63, 3.8) is 0 Å². The Hall–Kier alpha value is -0.610. The second-order valence-corrected chi connectivity index (χ2v) is 9.64. The molecule has 21 heavy (non-hydrogen) atoms. The first kappa shape index (κ1) is 16.8. The van der Waals surface area contributed by atoms with E-state index in [1.165, 1.54) is 11.8 Å². The summed E-state index contributed by atoms with van der Waals surface area (Å²) in [5.74, 6) is -0.613. The Kier molecular flexibility index (Phi) is 4.42. The number of Topliss-reactive ketones (excluding diaryl/α,β-unsaturated/α-hetero) is 2. The van der Waals surface area contributed by atoms with E-state index >= 15 is 0 Å². The highest BCUT2D eigenvalue weighted by atomic mass is 79.9. The summed E-state index contributed by atoms with van der Waals surface area (Å²) >= 11 is 4.93. The maximum Gasteiger partial charge on any atom is 0.163 e. The fourth-order valence-corrected chi connectivity index (χ4v) is 5.08. The van der Waals surface area contributed by atoms with Crippen LogP contribution in [0.4, 0.5) is 0 Å². The first-order valence-electron chi connectivity index (χ1n) is 7.17. The molecule has 2 nitrogen and oxygen atoms in total. The quantitative estimate of drug-likeness (QED) is 0.718. The van der Waals surface area contributed by atoms with Gasteiger partial charge in [-0.2, -0.15) is 0 Å². The van der Waals surface area contributed by atoms with Gasteiger partial charge < -0.3 is 0 Å². The molecule has 0 spiro atoms. The number of carbonyl (C=O) groups is 2. The number of hydrogen-bond acceptors (Lipinski definition) is 3. The molecule has 4 heteroatoms. The van der Waals surface area contributed by atoms with E-state index in [0.29, 0.717) is 0 Å². The predicted octanol–water partition coefficient (Wildman–Crippen LogP) is 4.54. The zero-order valence-electron chi connectivity index (χ0n) is 13.1. The van der Waals surface area contributed by atoms with E-state index in [4.69, 9.17) is 0 Å². The molecule has 0 unspecified atom stereocenters. The minimum atomic E-state index is -0.649. The van der Waals surface area contributed by atoms with Gasteiger partial charge >= 0.3 is 0 Å². The largest absolute Gasteiger partial charge is 0.297 e. The number of benzene rings is 1. The van der Waals surface area contributed by atoms with E-state index in [0.717, 1.165) is 22.0 Å². The molecule has 0 aliphatic carbocycles. The number of aryl methyl sites for hydroxylation is 1. The van der Waals surface area contributed by atoms with E-state index in [9.17, 15) is 9.59 Å². The van der Waals surface area contributed by atoms with Crippen molar-refractivity contribution in [1.29, 1.82) is 0 Å². The number of halogens is 1. The molecule has 1 aromatic carbocycles. The molecule has 1 heterocycles. The van der Waals surface area contributed by atoms with Crippen LogP contribution in [-0.2, 0) is 16.0 Å². The lowest BCUT2D eigenvalue weighted by Gasteiger charge is -2.42. The second kappa shape index (κ2) is 5.54. The van der Waals surface area contributed by atoms with E-state index in [1.807, 2.05) is 45.9 Å². The Morgan fingerprint density at radius 1 is 1.10 bits per heavy atom. The third-order valence-corrected chi connectivity index (χ3v) is 5.94. The standard InChI is InChI=1S/C17H21BrO2S/c1-6-10-7-8-11(18)9-12(10)13-14(19)16(2,3)21-17(4,5)15(13)20/h7-9,13H,6H2,1-5H3. The molecule has 0 bridgehead atoms. The summed E-state index contributed by atoms with van der Waals surface area (Å²) in [6, 6.07) is 5.90. The van der Waals surface area contributed by atoms with Crippen LogP contribution >= 0.6 is 27.7 Å². The van der Waals surface area contributed by atoms with Gasteiger partial charge in [-0.25, -0.2) is 0 Å². The smallest absolute Gasteiger partial charge is 0.163 e. The highest BCUT2D eigenvalue weighted by molar-refractivity contribution is 9.10. The van der Waals surface area contributed by atoms with Crippen LogP contribution in [0.1, 0.15) is 51.7 Å². The summed E-state index contributed by atoms with van der Waals surface area (Å²) in [6.45, 7) is 9.74. The molecule has 1 aliphatic rings. The van der Waals surface area contributed by atoms with Gasteiger partial charge in [0.05, 0.1) is 9.49 Å². The Morgan fingerprint density at radius 3 is 2.10 bits per heavy atom. The van der Waals surface area contributed by atoms with Gasteiger partial charge in [-0.1, -0.05) is 28.9 Å². The second-order valence-electron chi connectivity index (χ2n) is 6.48. The number of thioether (sulfide) groups is 1. The summed E-state index contributed by atoms with van der Waals surface area (Å²) in [6.07, 6.45) is 0.813. The predicted molar refractivity (Wildman–Crippen MR) is 92.0 cm³/mol. The average molecular weight is 369 g/mol. The third kappa shape index (κ3) is 2.98. The highest BCUT2D eigenvalue weighted by Gasteiger charge is 2.52. The van der Waals surface area contributed by atoms with Crippen molar-refractivity contribution in [3.05, 3.63) is 33.8 Å². The molecule has 1 fully saturated rings. The first-order valence-corrected chi connectivity index (χ1v) is 8.78. The molecule has 1 aromatic rings. The Morgan fingerprint density at radius 2 is 1.62 bits per heavy atom. The maximum absolute atomic E-state index is 12.9. The lowest BCUT2D eigenvalue weighted by atomic mass is 9.78. The van der Waals surface area contributed by atoms with E-state index < -0.39 is 15.4 Å². The highest BCUT2D eigenvalue weighted by Crippen LogP contribution is 2.49. The van der Waals surface area contributed by atoms with Crippen LogP contribution in [0.5, 0.6) is 0 Å². The van der Waals surface area contributed by atoms with Gasteiger partial charge in [0.2, 0.25) is 0 Å². The molecule has 2 rings (SSSR count). The fourth-order valence-electron chi connectivity index (χ4n) is 2.99. The Bertz CT molecular complexity index is 579. The number of carbonyl (C=O) groups excluding carboxylic acids is 2. The van der Waals surface area contributed by atoms with Gasteiger partial charge in [0.1, 0.15) is 5.92 Å². The third-order valence-electron chi connectivity index (χ3n) is 4.02. The Labute approximate surface area is 139 Å². The molecule has 0 aromatic heterocycles. The van der Waals surface area contributed by atoms with Crippen molar-refractivity contribution in [3.8, 4) is 0 Å². The van der Waals surface area contributed by atoms with E-state index in [2.05, 4.69) is 22.9 Å². The van der Waals surface area contributed by atoms with Crippen LogP contribution in [0.25, 0.3) is 0 Å². The molecule has 0 N–H and O–H groups in total. The van der Waals surface area contributed by atoms with Crippen molar-refractivity contribution >= 4 is 39.3 Å². The van der Waals surface area contributed by atoms with E-state index in [-0.39, 0.29) is 11.6 Å². The fraction of sp³-hybridized carbons (Fsp3) is 0.529. The molecule has 114 valence electrons. The average Bonchev–Trinajstić information content (AvgIpc) is 2.36. The summed E-state index contributed by atoms with van der Waals surface area (Å²) in [5, 5.41) is 0. The number of ketones is 2. The van der Waals surface area contributed by atoms with Crippen LogP contribution in [0.15, 0.2) is 22.7 Å². The summed E-state index contributed by atoms with van der Waals surface area (Å²) in [7, 11) is 0. The summed E-state index contributed by atoms with van der Waals surface area (Å²) in [4.78, 5) is 25.7. The zero-order valence-corrected chi connectivity index (χ0v) is 15.5. The molecule has 0 atom stereocenters. The normalized spacial score (nSPS) is 21.6. The molecule has 0 amide bonds. The maximum atomic E-state index is 12.9. The topological polar surface area (TPSA) is 34.1 Å². The van der Waals surface area contributed by atoms with Crippen molar-refractivity contribution in [2.75, 3.05) is 0 Å². The van der Waals surface area contributed by atoms with Crippen molar-refractivity contribution < 1.29 is 9.59 Å². The van der Waals surface area contributed by atoms with Gasteiger partial charge in [-0.15, -0.1) is 11.8 Å². The van der Waals surface area contributed by atoms with Crippen LogP contribution in [0.3, 0.4) is 0 Å².